The van der Waals surface area contributed by atoms with Crippen molar-refractivity contribution < 1.29 is 4.39 Å². The summed E-state index contributed by atoms with van der Waals surface area (Å²) < 4.78 is 14.0. The van der Waals surface area contributed by atoms with Crippen LogP contribution in [0.4, 0.5) is 4.39 Å². The molecule has 2 nitrogen and oxygen atoms in total. The Morgan fingerprint density at radius 3 is 2.42 bits per heavy atom. The molecule has 1 aromatic carbocycles. The summed E-state index contributed by atoms with van der Waals surface area (Å²) in [6, 6.07) is 5.05. The first-order valence-corrected chi connectivity index (χ1v) is 7.57. The van der Waals surface area contributed by atoms with Gasteiger partial charge in [-0.05, 0) is 60.9 Å². The SMILES string of the molecule is CCN(CC)C(C)(C)C(N)Cc1cccc(F)c1Br. The van der Waals surface area contributed by atoms with E-state index in [0.717, 1.165) is 18.7 Å². The molecule has 1 aromatic rings. The highest BCUT2D eigenvalue weighted by Crippen LogP contribution is 2.25. The van der Waals surface area contributed by atoms with Crippen LogP contribution in [0, 0.1) is 5.82 Å². The average Bonchev–Trinajstić information content (AvgIpc) is 2.36. The third-order valence-electron chi connectivity index (χ3n) is 3.96. The maximum Gasteiger partial charge on any atom is 0.137 e. The molecule has 19 heavy (non-hydrogen) atoms. The van der Waals surface area contributed by atoms with Crippen molar-refractivity contribution in [3.8, 4) is 0 Å². The Balaban J connectivity index is 2.89. The number of benzene rings is 1. The van der Waals surface area contributed by atoms with Gasteiger partial charge >= 0.3 is 0 Å². The fourth-order valence-electron chi connectivity index (χ4n) is 2.47. The Kier molecular flexibility index (Phi) is 5.96. The molecule has 0 aliphatic rings. The lowest BCUT2D eigenvalue weighted by Crippen LogP contribution is -2.56. The van der Waals surface area contributed by atoms with Crippen molar-refractivity contribution >= 4 is 15.9 Å². The molecular formula is C15H24BrFN2. The maximum absolute atomic E-state index is 13.5. The molecule has 0 amide bonds. The summed E-state index contributed by atoms with van der Waals surface area (Å²) in [4.78, 5) is 2.34. The van der Waals surface area contributed by atoms with E-state index in [1.807, 2.05) is 6.07 Å². The molecule has 0 saturated heterocycles. The molecule has 0 bridgehead atoms. The molecule has 108 valence electrons. The zero-order valence-corrected chi connectivity index (χ0v) is 13.8. The van der Waals surface area contributed by atoms with Crippen molar-refractivity contribution in [1.82, 2.24) is 4.90 Å². The van der Waals surface area contributed by atoms with Gasteiger partial charge in [0.25, 0.3) is 0 Å². The Morgan fingerprint density at radius 2 is 1.89 bits per heavy atom. The summed E-state index contributed by atoms with van der Waals surface area (Å²) in [7, 11) is 0. The van der Waals surface area contributed by atoms with Crippen LogP contribution in [0.15, 0.2) is 22.7 Å². The van der Waals surface area contributed by atoms with Crippen LogP contribution < -0.4 is 5.73 Å². The van der Waals surface area contributed by atoms with Crippen molar-refractivity contribution in [2.24, 2.45) is 5.73 Å². The number of nitrogens with two attached hydrogens (primary N) is 1. The van der Waals surface area contributed by atoms with Gasteiger partial charge in [0.1, 0.15) is 5.82 Å². The topological polar surface area (TPSA) is 29.3 Å². The summed E-state index contributed by atoms with van der Waals surface area (Å²) in [5, 5.41) is 0. The van der Waals surface area contributed by atoms with Crippen LogP contribution in [-0.4, -0.2) is 29.6 Å². The minimum atomic E-state index is -0.231. The summed E-state index contributed by atoms with van der Waals surface area (Å²) in [6.07, 6.45) is 0.655. The van der Waals surface area contributed by atoms with Gasteiger partial charge in [-0.2, -0.15) is 0 Å². The van der Waals surface area contributed by atoms with Crippen LogP contribution in [0.25, 0.3) is 0 Å². The summed E-state index contributed by atoms with van der Waals surface area (Å²) in [5.41, 5.74) is 7.18. The van der Waals surface area contributed by atoms with Crippen LogP contribution in [-0.2, 0) is 6.42 Å². The molecule has 1 atom stereocenters. The molecular weight excluding hydrogens is 307 g/mol. The van der Waals surface area contributed by atoms with Crippen molar-refractivity contribution in [3.05, 3.63) is 34.1 Å². The lowest BCUT2D eigenvalue weighted by atomic mass is 9.88. The van der Waals surface area contributed by atoms with Gasteiger partial charge in [0.15, 0.2) is 0 Å². The summed E-state index contributed by atoms with van der Waals surface area (Å²) in [5.74, 6) is -0.231. The molecule has 2 N–H and O–H groups in total. The Morgan fingerprint density at radius 1 is 1.32 bits per heavy atom. The fourth-order valence-corrected chi connectivity index (χ4v) is 2.89. The maximum atomic E-state index is 13.5. The molecule has 0 aliphatic heterocycles. The Labute approximate surface area is 124 Å². The van der Waals surface area contributed by atoms with E-state index >= 15 is 0 Å². The monoisotopic (exact) mass is 330 g/mol. The molecule has 0 spiro atoms. The fraction of sp³-hybridized carbons (Fsp3) is 0.600. The third-order valence-corrected chi connectivity index (χ3v) is 4.85. The molecule has 1 unspecified atom stereocenters. The predicted octanol–water partition coefficient (Wildman–Crippen LogP) is 3.58. The van der Waals surface area contributed by atoms with Gasteiger partial charge in [-0.25, -0.2) is 4.39 Å². The molecule has 4 heteroatoms. The largest absolute Gasteiger partial charge is 0.326 e. The smallest absolute Gasteiger partial charge is 0.137 e. The zero-order chi connectivity index (χ0) is 14.6. The van der Waals surface area contributed by atoms with Gasteiger partial charge in [0.05, 0.1) is 4.47 Å². The highest BCUT2D eigenvalue weighted by molar-refractivity contribution is 9.10. The van der Waals surface area contributed by atoms with Gasteiger partial charge in [0.2, 0.25) is 0 Å². The second kappa shape index (κ2) is 6.82. The van der Waals surface area contributed by atoms with Gasteiger partial charge in [-0.15, -0.1) is 0 Å². The van der Waals surface area contributed by atoms with Crippen molar-refractivity contribution in [1.29, 1.82) is 0 Å². The Bertz CT molecular complexity index is 417. The van der Waals surface area contributed by atoms with E-state index < -0.39 is 0 Å². The zero-order valence-electron chi connectivity index (χ0n) is 12.2. The van der Waals surface area contributed by atoms with Gasteiger partial charge < -0.3 is 5.73 Å². The number of rotatable bonds is 6. The number of hydrogen-bond acceptors (Lipinski definition) is 2. The van der Waals surface area contributed by atoms with Crippen molar-refractivity contribution in [2.45, 2.75) is 45.7 Å². The highest BCUT2D eigenvalue weighted by Gasteiger charge is 2.31. The number of nitrogens with zero attached hydrogens (tertiary/aromatic N) is 1. The van der Waals surface area contributed by atoms with Crippen LogP contribution in [0.5, 0.6) is 0 Å². The first-order chi connectivity index (χ1) is 8.84. The standard InChI is InChI=1S/C15H24BrFN2/c1-5-19(6-2)15(3,4)13(18)10-11-8-7-9-12(17)14(11)16/h7-9,13H,5-6,10,18H2,1-4H3. The van der Waals surface area contributed by atoms with Gasteiger partial charge in [-0.3, -0.25) is 4.90 Å². The van der Waals surface area contributed by atoms with Crippen LogP contribution in [0.1, 0.15) is 33.3 Å². The van der Waals surface area contributed by atoms with Crippen LogP contribution >= 0.6 is 15.9 Å². The van der Waals surface area contributed by atoms with Crippen molar-refractivity contribution in [3.63, 3.8) is 0 Å². The summed E-state index contributed by atoms with van der Waals surface area (Å²) >= 11 is 3.30. The quantitative estimate of drug-likeness (QED) is 0.863. The molecule has 0 radical (unpaired) electrons. The number of halogens is 2. The van der Waals surface area contributed by atoms with E-state index in [-0.39, 0.29) is 17.4 Å². The summed E-state index contributed by atoms with van der Waals surface area (Å²) in [6.45, 7) is 10.5. The first-order valence-electron chi connectivity index (χ1n) is 6.78. The Hall–Kier alpha value is -0.450. The molecule has 0 aromatic heterocycles. The third kappa shape index (κ3) is 3.77. The number of hydrogen-bond donors (Lipinski definition) is 1. The second-order valence-electron chi connectivity index (χ2n) is 5.35. The van der Waals surface area contributed by atoms with E-state index in [1.165, 1.54) is 6.07 Å². The van der Waals surface area contributed by atoms with E-state index in [1.54, 1.807) is 6.07 Å². The van der Waals surface area contributed by atoms with E-state index in [4.69, 9.17) is 5.73 Å². The van der Waals surface area contributed by atoms with E-state index in [9.17, 15) is 4.39 Å². The highest BCUT2D eigenvalue weighted by atomic mass is 79.9. The van der Waals surface area contributed by atoms with Crippen LogP contribution in [0.2, 0.25) is 0 Å². The molecule has 0 saturated carbocycles. The lowest BCUT2D eigenvalue weighted by Gasteiger charge is -2.42. The van der Waals surface area contributed by atoms with E-state index in [2.05, 4.69) is 48.5 Å². The predicted molar refractivity (Wildman–Crippen MR) is 82.8 cm³/mol. The van der Waals surface area contributed by atoms with Gasteiger partial charge in [0, 0.05) is 11.6 Å². The molecule has 1 rings (SSSR count). The van der Waals surface area contributed by atoms with Gasteiger partial charge in [-0.1, -0.05) is 26.0 Å². The van der Waals surface area contributed by atoms with Crippen molar-refractivity contribution in [2.75, 3.05) is 13.1 Å². The number of likely N-dealkylation sites (N-methyl/N-ethyl adjacent to an activating group) is 1. The molecule has 0 fully saturated rings. The van der Waals surface area contributed by atoms with E-state index in [0.29, 0.717) is 10.9 Å². The lowest BCUT2D eigenvalue weighted by molar-refractivity contribution is 0.106. The average molecular weight is 331 g/mol. The first kappa shape index (κ1) is 16.6. The molecule has 0 aliphatic carbocycles. The second-order valence-corrected chi connectivity index (χ2v) is 6.14. The minimum absolute atomic E-state index is 0.0505. The minimum Gasteiger partial charge on any atom is -0.326 e. The molecule has 0 heterocycles. The van der Waals surface area contributed by atoms with Crippen LogP contribution in [0.3, 0.4) is 0 Å². The normalized spacial score (nSPS) is 13.9.